The first-order valence-electron chi connectivity index (χ1n) is 20.2. The van der Waals surface area contributed by atoms with Crippen molar-refractivity contribution in [2.45, 2.75) is 128 Å². The number of H-pyrrole nitrogens is 2. The van der Waals surface area contributed by atoms with Crippen molar-refractivity contribution in [2.24, 2.45) is 5.92 Å². The molecule has 0 radical (unpaired) electrons. The Hall–Kier alpha value is -4.19. The van der Waals surface area contributed by atoms with E-state index in [1.165, 1.54) is 24.8 Å². The number of amides is 3. The largest absolute Gasteiger partial charge is 0.453 e. The summed E-state index contributed by atoms with van der Waals surface area (Å²) in [5, 5.41) is 5.71. The number of alkyl carbamates (subject to hydrolysis) is 1. The van der Waals surface area contributed by atoms with Crippen molar-refractivity contribution < 1.29 is 19.1 Å². The SMILES string of the molecule is CCC.COC(=O)NC(C(=O)N1CCCC1c1ncc(C23CCC(c4ccc(-c5cnc(CCCCNC(=O)CN(C)C)[nH]5)cc4)(CC2)CC3)[nH]1)C(C)C. The Balaban J connectivity index is 0.00000181. The van der Waals surface area contributed by atoms with Gasteiger partial charge in [0.25, 0.3) is 0 Å². The van der Waals surface area contributed by atoms with Crippen molar-refractivity contribution in [2.75, 3.05) is 40.8 Å². The number of methoxy groups -OCH3 is 1. The van der Waals surface area contributed by atoms with E-state index in [1.54, 1.807) is 0 Å². The van der Waals surface area contributed by atoms with Crippen LogP contribution in [-0.4, -0.2) is 94.5 Å². The average molecular weight is 745 g/mol. The van der Waals surface area contributed by atoms with E-state index in [-0.39, 0.29) is 34.6 Å². The summed E-state index contributed by atoms with van der Waals surface area (Å²) < 4.78 is 4.79. The van der Waals surface area contributed by atoms with Gasteiger partial charge in [-0.1, -0.05) is 58.4 Å². The number of imidazole rings is 2. The number of unbranched alkanes of at least 4 members (excludes halogenated alkanes) is 1. The van der Waals surface area contributed by atoms with E-state index in [4.69, 9.17) is 9.72 Å². The second kappa shape index (κ2) is 18.4. The summed E-state index contributed by atoms with van der Waals surface area (Å²) in [6.07, 6.45) is 15.9. The van der Waals surface area contributed by atoms with Crippen LogP contribution in [0.5, 0.6) is 0 Å². The van der Waals surface area contributed by atoms with E-state index in [1.807, 2.05) is 50.1 Å². The van der Waals surface area contributed by atoms with Gasteiger partial charge in [0.15, 0.2) is 0 Å². The van der Waals surface area contributed by atoms with E-state index < -0.39 is 12.1 Å². The molecule has 0 spiro atoms. The standard InChI is InChI=1S/C39H56N8O4.C3H8/c1-26(2)34(45-37(50)51-5)36(49)47-22-8-9-30(47)35-42-24-31(44-35)39-18-15-38(16-19-39,17-20-39)28-13-11-27(12-14-28)29-23-41-32(43-29)10-6-7-21-40-33(48)25-46(3)4;1-3-2/h11-14,23-24,26,30,34H,6-10,15-22,25H2,1-5H3,(H,40,48)(H,41,43)(H,42,44)(H,45,50);3H2,1-2H3. The van der Waals surface area contributed by atoms with Crippen molar-refractivity contribution >= 4 is 17.9 Å². The molecule has 2 aromatic heterocycles. The first-order chi connectivity index (χ1) is 25.9. The number of nitrogens with one attached hydrogen (secondary N) is 4. The van der Waals surface area contributed by atoms with Crippen molar-refractivity contribution in [3.8, 4) is 11.3 Å². The van der Waals surface area contributed by atoms with Crippen molar-refractivity contribution in [1.29, 1.82) is 0 Å². The molecule has 2 unspecified atom stereocenters. The van der Waals surface area contributed by atoms with Gasteiger partial charge in [-0.25, -0.2) is 14.8 Å². The van der Waals surface area contributed by atoms with Crippen LogP contribution in [0.25, 0.3) is 11.3 Å². The van der Waals surface area contributed by atoms with Crippen LogP contribution in [0, 0.1) is 5.92 Å². The van der Waals surface area contributed by atoms with Crippen LogP contribution in [-0.2, 0) is 31.6 Å². The number of likely N-dealkylation sites (N-methyl/N-ethyl adjacent to an activating group) is 1. The maximum Gasteiger partial charge on any atom is 0.407 e. The number of carbonyl (C=O) groups excluding carboxylic acids is 3. The molecule has 296 valence electrons. The van der Waals surface area contributed by atoms with Gasteiger partial charge in [-0.3, -0.25) is 9.59 Å². The number of rotatable bonds is 14. The van der Waals surface area contributed by atoms with Crippen LogP contribution in [0.2, 0.25) is 0 Å². The van der Waals surface area contributed by atoms with Gasteiger partial charge in [-0.05, 0) is 101 Å². The summed E-state index contributed by atoms with van der Waals surface area (Å²) in [6, 6.07) is 8.36. The zero-order chi connectivity index (χ0) is 38.9. The average Bonchev–Trinajstić information content (AvgIpc) is 3.96. The molecule has 54 heavy (non-hydrogen) atoms. The fourth-order valence-electron chi connectivity index (χ4n) is 8.62. The van der Waals surface area contributed by atoms with Gasteiger partial charge >= 0.3 is 6.09 Å². The van der Waals surface area contributed by atoms with Crippen LogP contribution in [0.3, 0.4) is 0 Å². The van der Waals surface area contributed by atoms with Crippen LogP contribution in [0.15, 0.2) is 36.7 Å². The Morgan fingerprint density at radius 1 is 0.963 bits per heavy atom. The molecular formula is C42H64N8O4. The minimum Gasteiger partial charge on any atom is -0.453 e. The number of aryl methyl sites for hydroxylation is 1. The molecule has 1 aliphatic heterocycles. The highest BCUT2D eigenvalue weighted by Crippen LogP contribution is 2.58. The minimum atomic E-state index is -0.641. The monoisotopic (exact) mass is 745 g/mol. The molecule has 3 heterocycles. The van der Waals surface area contributed by atoms with Gasteiger partial charge in [-0.15, -0.1) is 0 Å². The van der Waals surface area contributed by atoms with E-state index >= 15 is 0 Å². The van der Waals surface area contributed by atoms with Gasteiger partial charge in [0.1, 0.15) is 17.7 Å². The Bertz CT molecular complexity index is 1650. The zero-order valence-corrected chi connectivity index (χ0v) is 33.7. The van der Waals surface area contributed by atoms with Crippen LogP contribution in [0.4, 0.5) is 4.79 Å². The molecule has 4 aliphatic rings. The Labute approximate surface area is 322 Å². The molecule has 3 aliphatic carbocycles. The fraction of sp³-hybridized carbons (Fsp3) is 0.643. The molecule has 4 N–H and O–H groups in total. The van der Waals surface area contributed by atoms with Crippen molar-refractivity contribution in [3.63, 3.8) is 0 Å². The smallest absolute Gasteiger partial charge is 0.407 e. The van der Waals surface area contributed by atoms with Crippen LogP contribution in [0.1, 0.15) is 127 Å². The molecule has 3 saturated carbocycles. The van der Waals surface area contributed by atoms with Gasteiger partial charge in [0.05, 0.1) is 31.6 Å². The van der Waals surface area contributed by atoms with Crippen LogP contribution >= 0.6 is 0 Å². The lowest BCUT2D eigenvalue weighted by molar-refractivity contribution is -0.135. The fourth-order valence-corrected chi connectivity index (χ4v) is 8.62. The predicted octanol–water partition coefficient (Wildman–Crippen LogP) is 6.80. The highest BCUT2D eigenvalue weighted by Gasteiger charge is 2.51. The molecule has 3 aromatic rings. The number of aromatic nitrogens is 4. The van der Waals surface area contributed by atoms with Crippen LogP contribution < -0.4 is 10.6 Å². The third kappa shape index (κ3) is 9.54. The number of benzene rings is 1. The Kier molecular flexibility index (Phi) is 14.0. The quantitative estimate of drug-likeness (QED) is 0.133. The van der Waals surface area contributed by atoms with Gasteiger partial charge < -0.3 is 35.1 Å². The highest BCUT2D eigenvalue weighted by atomic mass is 16.5. The maximum atomic E-state index is 13.6. The van der Waals surface area contributed by atoms with Gasteiger partial charge in [-0.2, -0.15) is 0 Å². The normalized spacial score (nSPS) is 22.5. The molecular weight excluding hydrogens is 681 g/mol. The number of hydrogen-bond donors (Lipinski definition) is 4. The van der Waals surface area contributed by atoms with Crippen molar-refractivity contribution in [1.82, 2.24) is 40.4 Å². The molecule has 7 rings (SSSR count). The molecule has 2 bridgehead atoms. The van der Waals surface area contributed by atoms with E-state index in [0.29, 0.717) is 19.6 Å². The Morgan fingerprint density at radius 2 is 1.63 bits per heavy atom. The summed E-state index contributed by atoms with van der Waals surface area (Å²) in [5.74, 6) is 1.75. The second-order valence-electron chi connectivity index (χ2n) is 16.4. The summed E-state index contributed by atoms with van der Waals surface area (Å²) in [7, 11) is 5.10. The number of hydrogen-bond acceptors (Lipinski definition) is 7. The number of carbonyl (C=O) groups is 3. The zero-order valence-electron chi connectivity index (χ0n) is 33.7. The van der Waals surface area contributed by atoms with E-state index in [2.05, 4.69) is 63.7 Å². The molecule has 12 nitrogen and oxygen atoms in total. The second-order valence-corrected chi connectivity index (χ2v) is 16.4. The summed E-state index contributed by atoms with van der Waals surface area (Å²) in [5.41, 5.74) is 5.13. The molecule has 1 saturated heterocycles. The molecule has 4 fully saturated rings. The lowest BCUT2D eigenvalue weighted by atomic mass is 9.51. The number of fused-ring (bicyclic) bond motifs is 3. The molecule has 2 atom stereocenters. The number of aromatic amines is 2. The third-order valence-electron chi connectivity index (χ3n) is 11.7. The summed E-state index contributed by atoms with van der Waals surface area (Å²) in [6.45, 7) is 9.88. The van der Waals surface area contributed by atoms with Crippen molar-refractivity contribution in [3.05, 3.63) is 59.6 Å². The maximum absolute atomic E-state index is 13.6. The van der Waals surface area contributed by atoms with Gasteiger partial charge in [0, 0.05) is 36.8 Å². The number of nitrogens with zero attached hydrogens (tertiary/aromatic N) is 4. The van der Waals surface area contributed by atoms with Gasteiger partial charge in [0.2, 0.25) is 11.8 Å². The summed E-state index contributed by atoms with van der Waals surface area (Å²) >= 11 is 0. The first-order valence-corrected chi connectivity index (χ1v) is 20.2. The number of likely N-dealkylation sites (tertiary alicyclic amines) is 1. The summed E-state index contributed by atoms with van der Waals surface area (Å²) in [4.78, 5) is 57.9. The minimum absolute atomic E-state index is 0.0616. The predicted molar refractivity (Wildman–Crippen MR) is 212 cm³/mol. The lowest BCUT2D eigenvalue weighted by Gasteiger charge is -2.53. The number of ether oxygens (including phenoxy) is 1. The van der Waals surface area contributed by atoms with E-state index in [0.717, 1.165) is 93.5 Å². The highest BCUT2D eigenvalue weighted by molar-refractivity contribution is 5.86. The lowest BCUT2D eigenvalue weighted by Crippen LogP contribution is -2.51. The molecule has 3 amide bonds. The Morgan fingerprint density at radius 3 is 2.26 bits per heavy atom. The molecule has 12 heteroatoms. The third-order valence-corrected chi connectivity index (χ3v) is 11.7. The first kappa shape index (κ1) is 41.0. The van der Waals surface area contributed by atoms with E-state index in [9.17, 15) is 14.4 Å². The topological polar surface area (TPSA) is 148 Å². The molecule has 1 aromatic carbocycles.